The Balaban J connectivity index is 2.42. The highest BCUT2D eigenvalue weighted by Crippen LogP contribution is 2.30. The number of halogens is 1. The number of methoxy groups -OCH3 is 1. The Morgan fingerprint density at radius 3 is 2.85 bits per heavy atom. The van der Waals surface area contributed by atoms with Crippen LogP contribution in [0.25, 0.3) is 0 Å². The number of aryl methyl sites for hydroxylation is 1. The Bertz CT molecular complexity index is 691. The molecule has 0 amide bonds. The second kappa shape index (κ2) is 6.04. The van der Waals surface area contributed by atoms with Crippen molar-refractivity contribution in [1.29, 1.82) is 5.26 Å². The first-order valence-corrected chi connectivity index (χ1v) is 7.02. The number of aromatic nitrogens is 1. The molecule has 0 N–H and O–H groups in total. The van der Waals surface area contributed by atoms with Crippen molar-refractivity contribution in [2.45, 2.75) is 12.8 Å². The number of nitrogens with zero attached hydrogens (tertiary/aromatic N) is 2. The molecule has 2 aromatic rings. The van der Waals surface area contributed by atoms with Crippen molar-refractivity contribution in [3.05, 3.63) is 44.9 Å². The molecule has 20 heavy (non-hydrogen) atoms. The Morgan fingerprint density at radius 2 is 2.30 bits per heavy atom. The topological polar surface area (TPSA) is 63.0 Å². The number of carbonyl (C=O) groups is 1. The number of nitriles is 1. The fraction of sp³-hybridized carbons (Fsp3) is 0.214. The lowest BCUT2D eigenvalue weighted by molar-refractivity contribution is 0.0976. The van der Waals surface area contributed by atoms with Crippen LogP contribution in [0.1, 0.15) is 27.0 Å². The van der Waals surface area contributed by atoms with Gasteiger partial charge in [-0.2, -0.15) is 5.26 Å². The number of ketones is 1. The number of benzene rings is 1. The van der Waals surface area contributed by atoms with Gasteiger partial charge in [0.15, 0.2) is 11.7 Å². The summed E-state index contributed by atoms with van der Waals surface area (Å²) < 4.78 is 5.15. The van der Waals surface area contributed by atoms with Gasteiger partial charge in [0.1, 0.15) is 10.8 Å². The molecule has 0 spiro atoms. The Hall–Kier alpha value is -1.90. The number of hydrogen-bond acceptors (Lipinski definition) is 5. The van der Waals surface area contributed by atoms with E-state index in [1.807, 2.05) is 18.4 Å². The predicted molar refractivity (Wildman–Crippen MR) is 77.5 cm³/mol. The van der Waals surface area contributed by atoms with Crippen LogP contribution >= 0.6 is 22.9 Å². The standard InChI is InChI=1S/C14H11ClN2O2S/c1-8-7-20-14(17-8)11(6-16)13(18)10-4-3-9(15)5-12(10)19-2/h3-5,7,11H,1-2H3. The number of hydrogen-bond donors (Lipinski definition) is 0. The minimum absolute atomic E-state index is 0.330. The van der Waals surface area contributed by atoms with Gasteiger partial charge in [-0.25, -0.2) is 4.98 Å². The van der Waals surface area contributed by atoms with Crippen LogP contribution in [-0.2, 0) is 0 Å². The van der Waals surface area contributed by atoms with Crippen LogP contribution in [0, 0.1) is 18.3 Å². The number of Topliss-reactive ketones (excluding diaryl/α,β-unsaturated/α-hetero) is 1. The van der Waals surface area contributed by atoms with Crippen LogP contribution in [0.3, 0.4) is 0 Å². The van der Waals surface area contributed by atoms with Gasteiger partial charge in [-0.15, -0.1) is 11.3 Å². The number of thiazole rings is 1. The van der Waals surface area contributed by atoms with Crippen LogP contribution < -0.4 is 4.74 Å². The molecule has 0 radical (unpaired) electrons. The van der Waals surface area contributed by atoms with E-state index in [1.54, 1.807) is 18.2 Å². The number of rotatable bonds is 4. The van der Waals surface area contributed by atoms with E-state index in [-0.39, 0.29) is 5.78 Å². The van der Waals surface area contributed by atoms with Crippen molar-refractivity contribution in [3.63, 3.8) is 0 Å². The lowest BCUT2D eigenvalue weighted by Crippen LogP contribution is -2.12. The van der Waals surface area contributed by atoms with Crippen LogP contribution in [0.4, 0.5) is 0 Å². The highest BCUT2D eigenvalue weighted by molar-refractivity contribution is 7.10. The van der Waals surface area contributed by atoms with E-state index in [0.29, 0.717) is 21.3 Å². The van der Waals surface area contributed by atoms with Crippen LogP contribution in [0.5, 0.6) is 5.75 Å². The minimum atomic E-state index is -0.927. The highest BCUT2D eigenvalue weighted by Gasteiger charge is 2.27. The Kier molecular flexibility index (Phi) is 4.38. The molecule has 2 rings (SSSR count). The van der Waals surface area contributed by atoms with E-state index in [4.69, 9.17) is 16.3 Å². The van der Waals surface area contributed by atoms with Crippen molar-refractivity contribution in [3.8, 4) is 11.8 Å². The summed E-state index contributed by atoms with van der Waals surface area (Å²) in [6.07, 6.45) is 0. The summed E-state index contributed by atoms with van der Waals surface area (Å²) in [6.45, 7) is 1.82. The third-order valence-electron chi connectivity index (χ3n) is 2.70. The van der Waals surface area contributed by atoms with Gasteiger partial charge in [0.25, 0.3) is 0 Å². The van der Waals surface area contributed by atoms with E-state index < -0.39 is 5.92 Å². The zero-order chi connectivity index (χ0) is 14.7. The van der Waals surface area contributed by atoms with Crippen LogP contribution in [0.2, 0.25) is 5.02 Å². The predicted octanol–water partition coefficient (Wildman–Crippen LogP) is 3.60. The van der Waals surface area contributed by atoms with Crippen LogP contribution in [0.15, 0.2) is 23.6 Å². The molecule has 0 aliphatic rings. The minimum Gasteiger partial charge on any atom is -0.496 e. The fourth-order valence-electron chi connectivity index (χ4n) is 1.75. The molecule has 1 heterocycles. The van der Waals surface area contributed by atoms with Gasteiger partial charge in [0.05, 0.1) is 18.7 Å². The quantitative estimate of drug-likeness (QED) is 0.810. The van der Waals surface area contributed by atoms with Gasteiger partial charge in [-0.05, 0) is 25.1 Å². The van der Waals surface area contributed by atoms with Crippen molar-refractivity contribution in [1.82, 2.24) is 4.98 Å². The molecule has 1 unspecified atom stereocenters. The summed E-state index contributed by atoms with van der Waals surface area (Å²) in [5.74, 6) is -0.907. The van der Waals surface area contributed by atoms with E-state index in [0.717, 1.165) is 5.69 Å². The first-order valence-electron chi connectivity index (χ1n) is 5.76. The molecule has 0 aliphatic carbocycles. The summed E-state index contributed by atoms with van der Waals surface area (Å²) in [7, 11) is 1.46. The molecule has 102 valence electrons. The molecule has 0 aliphatic heterocycles. The van der Waals surface area contributed by atoms with Gasteiger partial charge >= 0.3 is 0 Å². The van der Waals surface area contributed by atoms with E-state index in [9.17, 15) is 10.1 Å². The maximum atomic E-state index is 12.5. The first kappa shape index (κ1) is 14.5. The number of ether oxygens (including phenoxy) is 1. The summed E-state index contributed by atoms with van der Waals surface area (Å²) in [5, 5.41) is 12.0. The second-order valence-corrected chi connectivity index (χ2v) is 5.42. The van der Waals surface area contributed by atoms with Gasteiger partial charge in [-0.3, -0.25) is 4.79 Å². The normalized spacial score (nSPS) is 11.7. The molecular formula is C14H11ClN2O2S. The largest absolute Gasteiger partial charge is 0.496 e. The zero-order valence-electron chi connectivity index (χ0n) is 10.9. The third-order valence-corrected chi connectivity index (χ3v) is 3.97. The SMILES string of the molecule is COc1cc(Cl)ccc1C(=O)C(C#N)c1nc(C)cs1. The summed E-state index contributed by atoms with van der Waals surface area (Å²) >= 11 is 7.17. The summed E-state index contributed by atoms with van der Waals surface area (Å²) in [4.78, 5) is 16.7. The zero-order valence-corrected chi connectivity index (χ0v) is 12.5. The fourth-order valence-corrected chi connectivity index (χ4v) is 2.75. The van der Waals surface area contributed by atoms with Gasteiger partial charge in [0, 0.05) is 16.1 Å². The van der Waals surface area contributed by atoms with E-state index in [2.05, 4.69) is 4.98 Å². The second-order valence-electron chi connectivity index (χ2n) is 4.10. The lowest BCUT2D eigenvalue weighted by atomic mass is 9.98. The summed E-state index contributed by atoms with van der Waals surface area (Å²) in [6, 6.07) is 6.72. The maximum Gasteiger partial charge on any atom is 0.190 e. The molecule has 1 aromatic heterocycles. The third kappa shape index (κ3) is 2.82. The highest BCUT2D eigenvalue weighted by atomic mass is 35.5. The molecule has 6 heteroatoms. The average molecular weight is 307 g/mol. The van der Waals surface area contributed by atoms with Crippen molar-refractivity contribution < 1.29 is 9.53 Å². The van der Waals surface area contributed by atoms with Crippen molar-refractivity contribution in [2.75, 3.05) is 7.11 Å². The van der Waals surface area contributed by atoms with Gasteiger partial charge in [0.2, 0.25) is 0 Å². The van der Waals surface area contributed by atoms with Crippen molar-refractivity contribution in [2.24, 2.45) is 0 Å². The molecule has 4 nitrogen and oxygen atoms in total. The first-order chi connectivity index (χ1) is 9.56. The van der Waals surface area contributed by atoms with Crippen molar-refractivity contribution >= 4 is 28.7 Å². The van der Waals surface area contributed by atoms with Gasteiger partial charge < -0.3 is 4.74 Å². The molecule has 1 aromatic carbocycles. The lowest BCUT2D eigenvalue weighted by Gasteiger charge is -2.10. The maximum absolute atomic E-state index is 12.5. The number of carbonyl (C=O) groups excluding carboxylic acids is 1. The molecule has 1 atom stereocenters. The smallest absolute Gasteiger partial charge is 0.190 e. The summed E-state index contributed by atoms with van der Waals surface area (Å²) in [5.41, 5.74) is 1.12. The molecule has 0 fully saturated rings. The Morgan fingerprint density at radius 1 is 1.55 bits per heavy atom. The van der Waals surface area contributed by atoms with E-state index in [1.165, 1.54) is 18.4 Å². The molecular weight excluding hydrogens is 296 g/mol. The van der Waals surface area contributed by atoms with E-state index >= 15 is 0 Å². The van der Waals surface area contributed by atoms with Crippen LogP contribution in [-0.4, -0.2) is 17.9 Å². The Labute approximate surface area is 125 Å². The average Bonchev–Trinajstić information content (AvgIpc) is 2.85. The monoisotopic (exact) mass is 306 g/mol. The van der Waals surface area contributed by atoms with Gasteiger partial charge in [-0.1, -0.05) is 11.6 Å². The molecule has 0 saturated carbocycles. The molecule has 0 saturated heterocycles. The molecule has 0 bridgehead atoms.